The van der Waals surface area contributed by atoms with Crippen molar-refractivity contribution >= 4 is 5.91 Å². The van der Waals surface area contributed by atoms with Crippen molar-refractivity contribution in [3.63, 3.8) is 0 Å². The van der Waals surface area contributed by atoms with E-state index in [0.717, 1.165) is 38.6 Å². The maximum absolute atomic E-state index is 11.7. The van der Waals surface area contributed by atoms with Crippen LogP contribution in [0.4, 0.5) is 0 Å². The molecule has 106 valence electrons. The summed E-state index contributed by atoms with van der Waals surface area (Å²) < 4.78 is 10.8. The van der Waals surface area contributed by atoms with Crippen LogP contribution in [0.2, 0.25) is 0 Å². The molecule has 5 heteroatoms. The molecule has 0 spiro atoms. The topological polar surface area (TPSA) is 73.6 Å². The van der Waals surface area contributed by atoms with Crippen molar-refractivity contribution in [1.82, 2.24) is 5.32 Å². The summed E-state index contributed by atoms with van der Waals surface area (Å²) in [5, 5.41) is 2.94. The van der Waals surface area contributed by atoms with Gasteiger partial charge in [0, 0.05) is 33.1 Å². The Bertz CT molecular complexity index is 240. The van der Waals surface area contributed by atoms with E-state index in [-0.39, 0.29) is 11.5 Å². The molecule has 0 aromatic heterocycles. The predicted molar refractivity (Wildman–Crippen MR) is 70.3 cm³/mol. The summed E-state index contributed by atoms with van der Waals surface area (Å²) >= 11 is 0. The Morgan fingerprint density at radius 2 is 2.17 bits per heavy atom. The van der Waals surface area contributed by atoms with Gasteiger partial charge in [-0.3, -0.25) is 4.79 Å². The number of hydrogen-bond acceptors (Lipinski definition) is 4. The average molecular weight is 258 g/mol. The monoisotopic (exact) mass is 258 g/mol. The number of unbranched alkanes of at least 4 members (excludes halogenated alkanes) is 3. The molecule has 0 aliphatic carbocycles. The molecular formula is C13H26N2O3. The van der Waals surface area contributed by atoms with Crippen LogP contribution in [0.1, 0.15) is 38.5 Å². The Morgan fingerprint density at radius 3 is 2.78 bits per heavy atom. The van der Waals surface area contributed by atoms with Crippen molar-refractivity contribution in [1.29, 1.82) is 0 Å². The molecular weight excluding hydrogens is 232 g/mol. The first-order valence-electron chi connectivity index (χ1n) is 6.82. The van der Waals surface area contributed by atoms with Crippen LogP contribution in [-0.2, 0) is 14.3 Å². The fourth-order valence-electron chi connectivity index (χ4n) is 2.09. The van der Waals surface area contributed by atoms with Crippen LogP contribution in [0.3, 0.4) is 0 Å². The molecule has 0 radical (unpaired) electrons. The molecule has 1 unspecified atom stereocenters. The van der Waals surface area contributed by atoms with Crippen molar-refractivity contribution < 1.29 is 14.3 Å². The highest BCUT2D eigenvalue weighted by Crippen LogP contribution is 2.21. The number of nitrogens with one attached hydrogen (secondary N) is 1. The minimum Gasteiger partial charge on any atom is -0.378 e. The molecule has 1 fully saturated rings. The predicted octanol–water partition coefficient (Wildman–Crippen LogP) is 0.817. The largest absolute Gasteiger partial charge is 0.378 e. The molecule has 0 aromatic carbocycles. The smallest absolute Gasteiger partial charge is 0.220 e. The van der Waals surface area contributed by atoms with E-state index < -0.39 is 0 Å². The minimum absolute atomic E-state index is 0.103. The van der Waals surface area contributed by atoms with E-state index in [2.05, 4.69) is 5.32 Å². The number of rotatable bonds is 9. The van der Waals surface area contributed by atoms with Gasteiger partial charge in [0.15, 0.2) is 0 Å². The highest BCUT2D eigenvalue weighted by atomic mass is 16.5. The molecule has 1 aliphatic heterocycles. The lowest BCUT2D eigenvalue weighted by Crippen LogP contribution is -2.44. The van der Waals surface area contributed by atoms with Crippen LogP contribution in [-0.4, -0.2) is 44.9 Å². The zero-order valence-electron chi connectivity index (χ0n) is 11.4. The maximum Gasteiger partial charge on any atom is 0.220 e. The molecule has 18 heavy (non-hydrogen) atoms. The van der Waals surface area contributed by atoms with Gasteiger partial charge in [-0.1, -0.05) is 12.8 Å². The summed E-state index contributed by atoms with van der Waals surface area (Å²) in [5.74, 6) is 0.103. The van der Waals surface area contributed by atoms with Gasteiger partial charge in [0.2, 0.25) is 5.91 Å². The number of hydrogen-bond donors (Lipinski definition) is 2. The number of nitrogens with two attached hydrogens (primary N) is 1. The van der Waals surface area contributed by atoms with Crippen molar-refractivity contribution in [2.24, 2.45) is 5.73 Å². The van der Waals surface area contributed by atoms with E-state index >= 15 is 0 Å². The molecule has 1 heterocycles. The van der Waals surface area contributed by atoms with Crippen LogP contribution in [0.15, 0.2) is 0 Å². The molecule has 0 aromatic rings. The van der Waals surface area contributed by atoms with Gasteiger partial charge in [-0.2, -0.15) is 0 Å². The Hall–Kier alpha value is -0.650. The van der Waals surface area contributed by atoms with Gasteiger partial charge in [0.1, 0.15) is 5.60 Å². The SMILES string of the molecule is COC1(CNC(=O)CCCCCCN)CCOC1. The summed E-state index contributed by atoms with van der Waals surface area (Å²) in [5.41, 5.74) is 5.10. The molecule has 1 saturated heterocycles. The third-order valence-electron chi connectivity index (χ3n) is 3.47. The number of carbonyl (C=O) groups excluding carboxylic acids is 1. The van der Waals surface area contributed by atoms with E-state index in [0.29, 0.717) is 26.2 Å². The van der Waals surface area contributed by atoms with Gasteiger partial charge in [0.05, 0.1) is 6.61 Å². The van der Waals surface area contributed by atoms with E-state index in [9.17, 15) is 4.79 Å². The van der Waals surface area contributed by atoms with Gasteiger partial charge in [-0.25, -0.2) is 0 Å². The number of methoxy groups -OCH3 is 1. The molecule has 3 N–H and O–H groups in total. The standard InChI is InChI=1S/C13H26N2O3/c1-17-13(7-9-18-11-13)10-15-12(16)6-4-2-3-5-8-14/h2-11,14H2,1H3,(H,15,16). The first-order chi connectivity index (χ1) is 8.72. The summed E-state index contributed by atoms with van der Waals surface area (Å²) in [6.07, 6.45) is 5.60. The molecule has 0 saturated carbocycles. The first kappa shape index (κ1) is 15.4. The van der Waals surface area contributed by atoms with Crippen LogP contribution < -0.4 is 11.1 Å². The van der Waals surface area contributed by atoms with Crippen molar-refractivity contribution in [3.05, 3.63) is 0 Å². The number of ether oxygens (including phenoxy) is 2. The van der Waals surface area contributed by atoms with E-state index in [1.807, 2.05) is 0 Å². The summed E-state index contributed by atoms with van der Waals surface area (Å²) in [7, 11) is 1.67. The van der Waals surface area contributed by atoms with Crippen molar-refractivity contribution in [3.8, 4) is 0 Å². The molecule has 1 aliphatic rings. The van der Waals surface area contributed by atoms with E-state index in [1.54, 1.807) is 7.11 Å². The third-order valence-corrected chi connectivity index (χ3v) is 3.47. The Kier molecular flexibility index (Phi) is 7.23. The first-order valence-corrected chi connectivity index (χ1v) is 6.82. The molecule has 1 amide bonds. The fourth-order valence-corrected chi connectivity index (χ4v) is 2.09. The fraction of sp³-hybridized carbons (Fsp3) is 0.923. The highest BCUT2D eigenvalue weighted by molar-refractivity contribution is 5.75. The second-order valence-electron chi connectivity index (χ2n) is 4.92. The third kappa shape index (κ3) is 5.33. The van der Waals surface area contributed by atoms with Crippen LogP contribution in [0.25, 0.3) is 0 Å². The van der Waals surface area contributed by atoms with Gasteiger partial charge in [-0.05, 0) is 19.4 Å². The van der Waals surface area contributed by atoms with Gasteiger partial charge < -0.3 is 20.5 Å². The second-order valence-corrected chi connectivity index (χ2v) is 4.92. The zero-order chi connectivity index (χ0) is 13.3. The van der Waals surface area contributed by atoms with Gasteiger partial charge in [-0.15, -0.1) is 0 Å². The van der Waals surface area contributed by atoms with Crippen LogP contribution in [0, 0.1) is 0 Å². The van der Waals surface area contributed by atoms with Gasteiger partial charge >= 0.3 is 0 Å². The Balaban J connectivity index is 2.09. The summed E-state index contributed by atoms with van der Waals surface area (Å²) in [4.78, 5) is 11.7. The quantitative estimate of drug-likeness (QED) is 0.600. The summed E-state index contributed by atoms with van der Waals surface area (Å²) in [6.45, 7) is 2.57. The normalized spacial score (nSPS) is 23.2. The van der Waals surface area contributed by atoms with Crippen molar-refractivity contribution in [2.45, 2.75) is 44.1 Å². The molecule has 0 bridgehead atoms. The van der Waals surface area contributed by atoms with Crippen molar-refractivity contribution in [2.75, 3.05) is 33.4 Å². The van der Waals surface area contributed by atoms with Crippen LogP contribution >= 0.6 is 0 Å². The lowest BCUT2D eigenvalue weighted by atomic mass is 10.0. The highest BCUT2D eigenvalue weighted by Gasteiger charge is 2.35. The van der Waals surface area contributed by atoms with Gasteiger partial charge in [0.25, 0.3) is 0 Å². The molecule has 1 rings (SSSR count). The Morgan fingerprint density at radius 1 is 1.39 bits per heavy atom. The second kappa shape index (κ2) is 8.45. The number of carbonyl (C=O) groups is 1. The van der Waals surface area contributed by atoms with E-state index in [4.69, 9.17) is 15.2 Å². The number of amides is 1. The summed E-state index contributed by atoms with van der Waals surface area (Å²) in [6, 6.07) is 0. The molecule has 5 nitrogen and oxygen atoms in total. The zero-order valence-corrected chi connectivity index (χ0v) is 11.4. The lowest BCUT2D eigenvalue weighted by Gasteiger charge is -2.25. The Labute approximate surface area is 109 Å². The molecule has 1 atom stereocenters. The average Bonchev–Trinajstić information content (AvgIpc) is 2.86. The lowest BCUT2D eigenvalue weighted by molar-refractivity contribution is -0.122. The van der Waals surface area contributed by atoms with E-state index in [1.165, 1.54) is 0 Å². The minimum atomic E-state index is -0.310. The maximum atomic E-state index is 11.7. The van der Waals surface area contributed by atoms with Crippen LogP contribution in [0.5, 0.6) is 0 Å².